The highest BCUT2D eigenvalue weighted by atomic mass is 35.5. The van der Waals surface area contributed by atoms with E-state index in [-0.39, 0.29) is 22.8 Å². The minimum absolute atomic E-state index is 0.0641. The van der Waals surface area contributed by atoms with Crippen LogP contribution in [0.2, 0.25) is 0 Å². The van der Waals surface area contributed by atoms with Crippen molar-refractivity contribution in [3.63, 3.8) is 0 Å². The molecule has 0 saturated carbocycles. The van der Waals surface area contributed by atoms with Crippen molar-refractivity contribution in [1.29, 1.82) is 0 Å². The Morgan fingerprint density at radius 2 is 2.33 bits per heavy atom. The first-order valence-electron chi connectivity index (χ1n) is 4.01. The van der Waals surface area contributed by atoms with Gasteiger partial charge in [0.1, 0.15) is 11.3 Å². The average molecular weight is 227 g/mol. The lowest BCUT2D eigenvalue weighted by molar-refractivity contribution is -0.255. The first-order chi connectivity index (χ1) is 7.11. The molecule has 2 rings (SSSR count). The second kappa shape index (κ2) is 3.39. The molecule has 2 heterocycles. The lowest BCUT2D eigenvalue weighted by Crippen LogP contribution is -2.22. The largest absolute Gasteiger partial charge is 0.543 e. The average Bonchev–Trinajstić information content (AvgIpc) is 2.59. The van der Waals surface area contributed by atoms with E-state index >= 15 is 0 Å². The van der Waals surface area contributed by atoms with Crippen molar-refractivity contribution in [2.24, 2.45) is 0 Å². The van der Waals surface area contributed by atoms with Gasteiger partial charge in [-0.15, -0.1) is 11.6 Å². The van der Waals surface area contributed by atoms with Gasteiger partial charge in [-0.3, -0.25) is 4.79 Å². The fourth-order valence-electron chi connectivity index (χ4n) is 1.26. The Hall–Kier alpha value is -1.82. The summed E-state index contributed by atoms with van der Waals surface area (Å²) in [5, 5.41) is 14.3. The molecule has 0 aliphatic rings. The number of fused-ring (bicyclic) bond motifs is 1. The van der Waals surface area contributed by atoms with Crippen molar-refractivity contribution in [2.75, 3.05) is 0 Å². The molecule has 7 heteroatoms. The third kappa shape index (κ3) is 1.59. The smallest absolute Gasteiger partial charge is 0.251 e. The number of carboxylic acids is 1. The summed E-state index contributed by atoms with van der Waals surface area (Å²) in [4.78, 5) is 24.1. The number of nitrogens with one attached hydrogen (secondary N) is 1. The van der Waals surface area contributed by atoms with Gasteiger partial charge in [-0.25, -0.2) is 4.52 Å². The second-order valence-corrected chi connectivity index (χ2v) is 3.14. The predicted molar refractivity (Wildman–Crippen MR) is 49.7 cm³/mol. The van der Waals surface area contributed by atoms with Gasteiger partial charge in [-0.1, -0.05) is 0 Å². The van der Waals surface area contributed by atoms with Gasteiger partial charge in [-0.05, 0) is 0 Å². The van der Waals surface area contributed by atoms with E-state index in [4.69, 9.17) is 11.6 Å². The normalized spacial score (nSPS) is 10.7. The Labute approximate surface area is 88.1 Å². The molecule has 2 aromatic rings. The summed E-state index contributed by atoms with van der Waals surface area (Å²) < 4.78 is 1.26. The fraction of sp³-hybridized carbons (Fsp3) is 0.125. The lowest BCUT2D eigenvalue weighted by atomic mass is 10.4. The summed E-state index contributed by atoms with van der Waals surface area (Å²) in [5.41, 5.74) is 0.0893. The van der Waals surface area contributed by atoms with E-state index in [1.54, 1.807) is 0 Å². The molecular formula is C8H5ClN3O3-. The molecule has 0 spiro atoms. The number of alkyl halides is 1. The van der Waals surface area contributed by atoms with Crippen LogP contribution in [0.5, 0.6) is 0 Å². The highest BCUT2D eigenvalue weighted by Crippen LogP contribution is 2.06. The summed E-state index contributed by atoms with van der Waals surface area (Å²) >= 11 is 5.59. The van der Waals surface area contributed by atoms with E-state index in [1.165, 1.54) is 16.6 Å². The molecule has 0 amide bonds. The zero-order valence-electron chi connectivity index (χ0n) is 7.36. The van der Waals surface area contributed by atoms with E-state index < -0.39 is 5.97 Å². The Balaban J connectivity index is 2.79. The molecule has 0 saturated heterocycles. The van der Waals surface area contributed by atoms with Crippen LogP contribution in [0.3, 0.4) is 0 Å². The molecule has 0 unspecified atom stereocenters. The van der Waals surface area contributed by atoms with Crippen molar-refractivity contribution in [3.05, 3.63) is 33.9 Å². The zero-order valence-corrected chi connectivity index (χ0v) is 8.11. The van der Waals surface area contributed by atoms with Crippen molar-refractivity contribution >= 4 is 23.2 Å². The van der Waals surface area contributed by atoms with Gasteiger partial charge in [0.25, 0.3) is 5.56 Å². The van der Waals surface area contributed by atoms with Crippen LogP contribution in [-0.2, 0) is 5.88 Å². The number of halogens is 1. The van der Waals surface area contributed by atoms with Crippen LogP contribution in [0.25, 0.3) is 5.65 Å². The number of aromatic nitrogens is 3. The standard InChI is InChI=1S/C8H6ClN3O3/c9-3-4-1-7(13)10-6-2-5(8(14)15)11-12(4)6/h1-2H,3H2,(H,10,13)(H,14,15)/p-1. The van der Waals surface area contributed by atoms with E-state index in [1.807, 2.05) is 0 Å². The van der Waals surface area contributed by atoms with Gasteiger partial charge in [0, 0.05) is 12.1 Å². The molecule has 0 aliphatic carbocycles. The number of H-pyrrole nitrogens is 1. The van der Waals surface area contributed by atoms with E-state index in [2.05, 4.69) is 10.1 Å². The van der Waals surface area contributed by atoms with Crippen LogP contribution in [0, 0.1) is 0 Å². The molecule has 0 bridgehead atoms. The number of nitrogens with zero attached hydrogens (tertiary/aromatic N) is 2. The maximum Gasteiger partial charge on any atom is 0.251 e. The van der Waals surface area contributed by atoms with Crippen LogP contribution in [0.1, 0.15) is 16.2 Å². The number of aromatic amines is 1. The van der Waals surface area contributed by atoms with Crippen molar-refractivity contribution in [3.8, 4) is 0 Å². The SMILES string of the molecule is O=C([O-])c1cc2[nH]c(=O)cc(CCl)n2n1. The Kier molecular flexibility index (Phi) is 2.20. The van der Waals surface area contributed by atoms with Crippen LogP contribution in [0.4, 0.5) is 0 Å². The van der Waals surface area contributed by atoms with E-state index in [0.717, 1.165) is 0 Å². The number of hydrogen-bond donors (Lipinski definition) is 1. The molecule has 78 valence electrons. The first kappa shape index (κ1) is 9.72. The zero-order chi connectivity index (χ0) is 11.0. The number of aromatic carboxylic acids is 1. The molecule has 0 atom stereocenters. The van der Waals surface area contributed by atoms with E-state index in [9.17, 15) is 14.7 Å². The minimum Gasteiger partial charge on any atom is -0.543 e. The highest BCUT2D eigenvalue weighted by molar-refractivity contribution is 6.16. The third-order valence-corrected chi connectivity index (χ3v) is 2.15. The molecule has 0 aliphatic heterocycles. The lowest BCUT2D eigenvalue weighted by Gasteiger charge is -1.98. The maximum atomic E-state index is 11.1. The summed E-state index contributed by atoms with van der Waals surface area (Å²) in [6, 6.07) is 2.47. The van der Waals surface area contributed by atoms with Crippen LogP contribution < -0.4 is 10.7 Å². The molecule has 6 nitrogen and oxygen atoms in total. The molecule has 2 aromatic heterocycles. The van der Waals surface area contributed by atoms with Crippen molar-refractivity contribution < 1.29 is 9.90 Å². The van der Waals surface area contributed by atoms with E-state index in [0.29, 0.717) is 5.69 Å². The van der Waals surface area contributed by atoms with Crippen LogP contribution >= 0.6 is 11.6 Å². The number of hydrogen-bond acceptors (Lipinski definition) is 4. The maximum absolute atomic E-state index is 11.1. The second-order valence-electron chi connectivity index (χ2n) is 2.87. The van der Waals surface area contributed by atoms with Gasteiger partial charge in [0.15, 0.2) is 0 Å². The molecule has 0 aromatic carbocycles. The van der Waals surface area contributed by atoms with Gasteiger partial charge < -0.3 is 14.9 Å². The summed E-state index contributed by atoms with van der Waals surface area (Å²) in [6.45, 7) is 0. The Morgan fingerprint density at radius 3 is 2.93 bits per heavy atom. The molecule has 1 N–H and O–H groups in total. The number of carboxylic acid groups (broad SMARTS) is 1. The Bertz CT molecular complexity index is 586. The fourth-order valence-corrected chi connectivity index (χ4v) is 1.45. The summed E-state index contributed by atoms with van der Waals surface area (Å²) in [7, 11) is 0. The molecule has 0 fully saturated rings. The topological polar surface area (TPSA) is 90.3 Å². The van der Waals surface area contributed by atoms with Crippen LogP contribution in [-0.4, -0.2) is 20.6 Å². The number of rotatable bonds is 2. The highest BCUT2D eigenvalue weighted by Gasteiger charge is 2.07. The number of carbonyl (C=O) groups is 1. The quantitative estimate of drug-likeness (QED) is 0.674. The van der Waals surface area contributed by atoms with Gasteiger partial charge >= 0.3 is 0 Å². The monoisotopic (exact) mass is 226 g/mol. The molecule has 15 heavy (non-hydrogen) atoms. The summed E-state index contributed by atoms with van der Waals surface area (Å²) in [5.74, 6) is -1.34. The number of carbonyl (C=O) groups excluding carboxylic acids is 1. The van der Waals surface area contributed by atoms with Crippen LogP contribution in [0.15, 0.2) is 16.9 Å². The third-order valence-electron chi connectivity index (χ3n) is 1.88. The predicted octanol–water partition coefficient (Wildman–Crippen LogP) is -0.875. The van der Waals surface area contributed by atoms with Gasteiger partial charge in [0.05, 0.1) is 17.5 Å². The first-order valence-corrected chi connectivity index (χ1v) is 4.54. The summed E-state index contributed by atoms with van der Waals surface area (Å²) in [6.07, 6.45) is 0. The molecule has 0 radical (unpaired) electrons. The van der Waals surface area contributed by atoms with Crippen molar-refractivity contribution in [1.82, 2.24) is 14.6 Å². The minimum atomic E-state index is -1.40. The van der Waals surface area contributed by atoms with Gasteiger partial charge in [0.2, 0.25) is 0 Å². The van der Waals surface area contributed by atoms with Gasteiger partial charge in [-0.2, -0.15) is 5.10 Å². The molecular weight excluding hydrogens is 222 g/mol. The van der Waals surface area contributed by atoms with Crippen molar-refractivity contribution in [2.45, 2.75) is 5.88 Å². The Morgan fingerprint density at radius 1 is 1.60 bits per heavy atom.